The van der Waals surface area contributed by atoms with Crippen LogP contribution in [0.4, 0.5) is 0 Å². The Balaban J connectivity index is 1.37. The highest BCUT2D eigenvalue weighted by molar-refractivity contribution is 5.83. The van der Waals surface area contributed by atoms with Gasteiger partial charge in [-0.25, -0.2) is 4.79 Å². The molecule has 0 saturated carbocycles. The van der Waals surface area contributed by atoms with Gasteiger partial charge in [0, 0.05) is 30.9 Å². The standard InChI is InChI=1S/C50H70O13/c1-5-6-7-8-12-18-44(53)62-48-38(30-45(54)57-4)29-42-33-43(34-51)60-46(55)31-39(52)24-27-58-40(17-13-14-35-19-21-37(22-20-35)36-15-10-9-11-16-36)32-41-25-28-59-47(61-41)23-26-49(2,3)50(48,56)63-42/h9-11,15-16,19-23,26,30,39-43,47-48,51-52,56H,5-8,12-14,17-18,24-25,27-29,31-34H2,1-4H3/b26-23+,38-30+/t39-,40-,41+,42+,43-,47+,48+,50-/m1/s1. The first-order valence-electron chi connectivity index (χ1n) is 22.9. The maximum absolute atomic E-state index is 13.4. The van der Waals surface area contributed by atoms with Gasteiger partial charge in [-0.1, -0.05) is 107 Å². The number of fused-ring (bicyclic) bond motifs is 4. The van der Waals surface area contributed by atoms with Gasteiger partial charge in [-0.05, 0) is 79.7 Å². The molecule has 13 heteroatoms. The molecule has 8 atom stereocenters. The first-order valence-corrected chi connectivity index (χ1v) is 22.9. The lowest BCUT2D eigenvalue weighted by Gasteiger charge is -2.51. The van der Waals surface area contributed by atoms with Crippen LogP contribution in [0.1, 0.15) is 116 Å². The van der Waals surface area contributed by atoms with Crippen LogP contribution in [-0.2, 0) is 54.0 Å². The van der Waals surface area contributed by atoms with Crippen LogP contribution in [0.25, 0.3) is 11.1 Å². The van der Waals surface area contributed by atoms with Crippen molar-refractivity contribution in [3.05, 3.63) is 84.0 Å². The molecule has 0 aliphatic carbocycles. The Morgan fingerprint density at radius 1 is 0.873 bits per heavy atom. The number of hydrogen-bond donors (Lipinski definition) is 3. The topological polar surface area (TPSA) is 177 Å². The second-order valence-electron chi connectivity index (χ2n) is 17.6. The van der Waals surface area contributed by atoms with Crippen molar-refractivity contribution in [1.82, 2.24) is 0 Å². The van der Waals surface area contributed by atoms with Crippen molar-refractivity contribution < 1.29 is 62.9 Å². The number of hydrogen-bond acceptors (Lipinski definition) is 13. The summed E-state index contributed by atoms with van der Waals surface area (Å²) in [7, 11) is 1.22. The number of rotatable bonds is 14. The minimum atomic E-state index is -2.28. The van der Waals surface area contributed by atoms with E-state index in [9.17, 15) is 29.7 Å². The molecule has 0 amide bonds. The molecule has 0 aromatic heterocycles. The van der Waals surface area contributed by atoms with E-state index < -0.39 is 66.4 Å². The third-order valence-corrected chi connectivity index (χ3v) is 12.2. The molecule has 0 radical (unpaired) electrons. The van der Waals surface area contributed by atoms with Crippen molar-refractivity contribution in [1.29, 1.82) is 0 Å². The first kappa shape index (κ1) is 50.1. The molecule has 5 rings (SSSR count). The van der Waals surface area contributed by atoms with E-state index in [1.165, 1.54) is 24.3 Å². The Morgan fingerprint density at radius 3 is 2.32 bits per heavy atom. The molecule has 3 N–H and O–H groups in total. The normalized spacial score (nSPS) is 29.5. The SMILES string of the molecule is CCCCCCCC(=O)O[C@H]1/C(=C/C(=O)OC)C[C@H]2C[C@H](CO)OC(=O)C[C@H](O)CCO[C@H](CCCc3ccc(-c4ccccc4)cc3)C[C@@H]3CCO[C@H](/C=C/C(C)(C)[C@]1(O)O2)O3. The van der Waals surface area contributed by atoms with Crippen LogP contribution in [0.15, 0.2) is 78.4 Å². The molecular formula is C50H70O13. The minimum absolute atomic E-state index is 0.0160. The summed E-state index contributed by atoms with van der Waals surface area (Å²) in [6.45, 7) is 5.59. The average molecular weight is 879 g/mol. The Hall–Kier alpha value is -3.95. The van der Waals surface area contributed by atoms with Crippen LogP contribution in [-0.4, -0.2) is 109 Å². The van der Waals surface area contributed by atoms with E-state index >= 15 is 0 Å². The van der Waals surface area contributed by atoms with Crippen LogP contribution in [0.5, 0.6) is 0 Å². The van der Waals surface area contributed by atoms with Gasteiger partial charge in [0.05, 0.1) is 51.2 Å². The summed E-state index contributed by atoms with van der Waals surface area (Å²) < 4.78 is 42.0. The predicted molar refractivity (Wildman–Crippen MR) is 236 cm³/mol. The Morgan fingerprint density at radius 2 is 1.59 bits per heavy atom. The summed E-state index contributed by atoms with van der Waals surface area (Å²) >= 11 is 0. The van der Waals surface area contributed by atoms with Gasteiger partial charge in [-0.3, -0.25) is 9.59 Å². The zero-order valence-electron chi connectivity index (χ0n) is 37.6. The maximum atomic E-state index is 13.4. The zero-order chi connectivity index (χ0) is 45.2. The van der Waals surface area contributed by atoms with Gasteiger partial charge >= 0.3 is 17.9 Å². The van der Waals surface area contributed by atoms with E-state index in [0.717, 1.165) is 50.5 Å². The van der Waals surface area contributed by atoms with Crippen molar-refractivity contribution in [2.24, 2.45) is 5.41 Å². The van der Waals surface area contributed by atoms with Gasteiger partial charge in [0.15, 0.2) is 12.4 Å². The van der Waals surface area contributed by atoms with Crippen LogP contribution in [0.3, 0.4) is 0 Å². The highest BCUT2D eigenvalue weighted by Gasteiger charge is 2.57. The first-order chi connectivity index (χ1) is 30.3. The fraction of sp³-hybridized carbons (Fsp3) is 0.620. The largest absolute Gasteiger partial charge is 0.466 e. The zero-order valence-corrected chi connectivity index (χ0v) is 37.6. The summed E-state index contributed by atoms with van der Waals surface area (Å²) in [4.78, 5) is 39.3. The molecule has 0 spiro atoms. The smallest absolute Gasteiger partial charge is 0.330 e. The molecule has 2 aromatic rings. The molecule has 348 valence electrons. The van der Waals surface area contributed by atoms with Gasteiger partial charge in [0.25, 0.3) is 0 Å². The summed E-state index contributed by atoms with van der Waals surface area (Å²) in [6.07, 6.45) is 6.87. The quantitative estimate of drug-likeness (QED) is 0.0561. The lowest BCUT2D eigenvalue weighted by atomic mass is 9.74. The van der Waals surface area contributed by atoms with Crippen molar-refractivity contribution in [3.8, 4) is 11.1 Å². The van der Waals surface area contributed by atoms with Crippen molar-refractivity contribution in [2.75, 3.05) is 26.9 Å². The summed E-state index contributed by atoms with van der Waals surface area (Å²) in [5.74, 6) is -4.29. The Bertz CT molecular complexity index is 1780. The molecule has 3 aliphatic heterocycles. The van der Waals surface area contributed by atoms with E-state index in [-0.39, 0.29) is 56.5 Å². The summed E-state index contributed by atoms with van der Waals surface area (Å²) in [5.41, 5.74) is 2.46. The predicted octanol–water partition coefficient (Wildman–Crippen LogP) is 7.46. The Kier molecular flexibility index (Phi) is 19.8. The Labute approximate surface area is 373 Å². The number of aliphatic hydroxyl groups excluding tert-OH is 2. The molecule has 2 saturated heterocycles. The average Bonchev–Trinajstić information content (AvgIpc) is 3.26. The lowest BCUT2D eigenvalue weighted by molar-refractivity contribution is -0.327. The molecule has 2 fully saturated rings. The molecule has 63 heavy (non-hydrogen) atoms. The highest BCUT2D eigenvalue weighted by Crippen LogP contribution is 2.47. The molecule has 2 aromatic carbocycles. The summed E-state index contributed by atoms with van der Waals surface area (Å²) in [5, 5.41) is 34.0. The number of unbranched alkanes of at least 4 members (excludes halogenated alkanes) is 4. The number of benzene rings is 2. The van der Waals surface area contributed by atoms with Gasteiger partial charge < -0.3 is 48.5 Å². The van der Waals surface area contributed by atoms with Gasteiger partial charge in [0.2, 0.25) is 5.79 Å². The third-order valence-electron chi connectivity index (χ3n) is 12.2. The van der Waals surface area contributed by atoms with E-state index in [2.05, 4.69) is 43.3 Å². The summed E-state index contributed by atoms with van der Waals surface area (Å²) in [6, 6.07) is 18.8. The second-order valence-corrected chi connectivity index (χ2v) is 17.6. The molecule has 3 heterocycles. The van der Waals surface area contributed by atoms with E-state index in [4.69, 9.17) is 33.2 Å². The van der Waals surface area contributed by atoms with Crippen LogP contribution >= 0.6 is 0 Å². The van der Waals surface area contributed by atoms with Crippen molar-refractivity contribution >= 4 is 17.9 Å². The molecule has 3 aliphatic rings. The number of aryl methyl sites for hydroxylation is 1. The number of carbonyl (C=O) groups is 3. The van der Waals surface area contributed by atoms with Crippen molar-refractivity contribution in [3.63, 3.8) is 0 Å². The molecule has 4 bridgehead atoms. The third kappa shape index (κ3) is 15.3. The number of ether oxygens (including phenoxy) is 7. The van der Waals surface area contributed by atoms with Crippen LogP contribution < -0.4 is 0 Å². The van der Waals surface area contributed by atoms with Gasteiger partial charge in [-0.15, -0.1) is 0 Å². The monoisotopic (exact) mass is 878 g/mol. The number of carbonyl (C=O) groups excluding carboxylic acids is 3. The van der Waals surface area contributed by atoms with E-state index in [1.807, 2.05) is 18.2 Å². The second kappa shape index (κ2) is 24.9. The van der Waals surface area contributed by atoms with Gasteiger partial charge in [0.1, 0.15) is 6.10 Å². The molecular weight excluding hydrogens is 809 g/mol. The molecule has 0 unspecified atom stereocenters. The van der Waals surface area contributed by atoms with Crippen LogP contribution in [0, 0.1) is 5.41 Å². The fourth-order valence-electron chi connectivity index (χ4n) is 8.43. The van der Waals surface area contributed by atoms with Gasteiger partial charge in [-0.2, -0.15) is 0 Å². The van der Waals surface area contributed by atoms with Crippen molar-refractivity contribution in [2.45, 2.75) is 166 Å². The lowest BCUT2D eigenvalue weighted by Crippen LogP contribution is -2.62. The number of aliphatic hydroxyl groups is 3. The van der Waals surface area contributed by atoms with E-state index in [0.29, 0.717) is 25.9 Å². The highest BCUT2D eigenvalue weighted by atomic mass is 16.7. The van der Waals surface area contributed by atoms with Crippen LogP contribution in [0.2, 0.25) is 0 Å². The minimum Gasteiger partial charge on any atom is -0.466 e. The molecule has 13 nitrogen and oxygen atoms in total. The number of methoxy groups -OCH3 is 1. The fourth-order valence-corrected chi connectivity index (χ4v) is 8.43. The maximum Gasteiger partial charge on any atom is 0.330 e. The van der Waals surface area contributed by atoms with E-state index in [1.54, 1.807) is 26.0 Å². The number of esters is 3. The number of cyclic esters (lactones) is 1.